The number of ether oxygens (including phenoxy) is 3. The molecule has 1 aromatic carbocycles. The van der Waals surface area contributed by atoms with E-state index in [1.54, 1.807) is 32.1 Å². The van der Waals surface area contributed by atoms with Gasteiger partial charge in [0.2, 0.25) is 0 Å². The number of likely N-dealkylation sites (tertiary alicyclic amines) is 1. The minimum Gasteiger partial charge on any atom is -0.493 e. The summed E-state index contributed by atoms with van der Waals surface area (Å²) >= 11 is 0. The molecule has 2 aromatic heterocycles. The second-order valence-electron chi connectivity index (χ2n) is 8.25. The first-order valence-corrected chi connectivity index (χ1v) is 10.8. The Morgan fingerprint density at radius 3 is 2.69 bits per heavy atom. The van der Waals surface area contributed by atoms with Gasteiger partial charge in [-0.1, -0.05) is 6.92 Å². The number of nitrogens with zero attached hydrogens (tertiary/aromatic N) is 5. The van der Waals surface area contributed by atoms with Gasteiger partial charge in [-0.25, -0.2) is 4.68 Å². The summed E-state index contributed by atoms with van der Waals surface area (Å²) in [6.07, 6.45) is 2.23. The number of hydrogen-bond acceptors (Lipinski definition) is 8. The van der Waals surface area contributed by atoms with E-state index in [0.717, 1.165) is 24.9 Å². The van der Waals surface area contributed by atoms with Crippen LogP contribution in [0, 0.1) is 5.92 Å². The fraction of sp³-hybridized carbons (Fsp3) is 0.545. The summed E-state index contributed by atoms with van der Waals surface area (Å²) in [5.74, 6) is 2.33. The molecule has 172 valence electrons. The zero-order chi connectivity index (χ0) is 22.7. The number of nitrogens with one attached hydrogen (secondary N) is 1. The minimum absolute atomic E-state index is 0.172. The van der Waals surface area contributed by atoms with Crippen LogP contribution < -0.4 is 15.0 Å². The average molecular weight is 443 g/mol. The number of tetrazole rings is 1. The summed E-state index contributed by atoms with van der Waals surface area (Å²) in [5.41, 5.74) is 1.11. The third kappa shape index (κ3) is 4.33. The topological polar surface area (TPSA) is 107 Å². The van der Waals surface area contributed by atoms with Gasteiger partial charge in [0.05, 0.1) is 32.9 Å². The standard InChI is InChI=1S/C22H30N6O4/c1-14-6-5-7-27(13-14)20(21-24-25-26-28(21)8-9-30-2)16-10-15-11-18(31-3)19(32-4)12-17(15)23-22(16)29/h10-12,14,20H,5-9,13H2,1-4H3,(H,23,29). The molecule has 1 N–H and O–H groups in total. The molecular formula is C22H30N6O4. The van der Waals surface area contributed by atoms with Gasteiger partial charge in [-0.05, 0) is 47.9 Å². The van der Waals surface area contributed by atoms with Crippen LogP contribution in [0.3, 0.4) is 0 Å². The molecule has 0 spiro atoms. The predicted octanol–water partition coefficient (Wildman–Crippen LogP) is 2.00. The summed E-state index contributed by atoms with van der Waals surface area (Å²) in [7, 11) is 4.81. The van der Waals surface area contributed by atoms with Gasteiger partial charge in [0.1, 0.15) is 6.04 Å². The number of aromatic amines is 1. The van der Waals surface area contributed by atoms with Crippen molar-refractivity contribution < 1.29 is 14.2 Å². The van der Waals surface area contributed by atoms with Gasteiger partial charge in [0.25, 0.3) is 5.56 Å². The normalized spacial score (nSPS) is 18.1. The molecule has 1 aliphatic heterocycles. The molecule has 10 heteroatoms. The van der Waals surface area contributed by atoms with Gasteiger partial charge in [-0.3, -0.25) is 9.69 Å². The van der Waals surface area contributed by atoms with Crippen LogP contribution in [0.1, 0.15) is 37.2 Å². The van der Waals surface area contributed by atoms with Gasteiger partial charge in [-0.2, -0.15) is 0 Å². The first kappa shape index (κ1) is 22.2. The van der Waals surface area contributed by atoms with E-state index in [4.69, 9.17) is 14.2 Å². The Bertz CT molecular complexity index is 1130. The number of pyridine rings is 1. The number of methoxy groups -OCH3 is 3. The van der Waals surface area contributed by atoms with Crippen LogP contribution in [0.5, 0.6) is 11.5 Å². The predicted molar refractivity (Wildman–Crippen MR) is 119 cm³/mol. The van der Waals surface area contributed by atoms with Gasteiger partial charge in [-0.15, -0.1) is 5.10 Å². The lowest BCUT2D eigenvalue weighted by molar-refractivity contribution is 0.137. The molecule has 1 saturated heterocycles. The molecule has 1 fully saturated rings. The molecule has 0 radical (unpaired) electrons. The largest absolute Gasteiger partial charge is 0.493 e. The number of aromatic nitrogens is 5. The second-order valence-corrected chi connectivity index (χ2v) is 8.25. The van der Waals surface area contributed by atoms with E-state index in [0.29, 0.717) is 47.5 Å². The highest BCUT2D eigenvalue weighted by atomic mass is 16.5. The van der Waals surface area contributed by atoms with Crippen LogP contribution in [0.4, 0.5) is 0 Å². The van der Waals surface area contributed by atoms with Crippen LogP contribution >= 0.6 is 0 Å². The average Bonchev–Trinajstić information content (AvgIpc) is 3.25. The second kappa shape index (κ2) is 9.66. The van der Waals surface area contributed by atoms with Crippen molar-refractivity contribution in [2.75, 3.05) is 41.0 Å². The molecule has 0 amide bonds. The van der Waals surface area contributed by atoms with Crippen molar-refractivity contribution >= 4 is 10.9 Å². The van der Waals surface area contributed by atoms with E-state index in [9.17, 15) is 4.79 Å². The molecule has 0 aliphatic carbocycles. The van der Waals surface area contributed by atoms with Crippen molar-refractivity contribution in [1.82, 2.24) is 30.1 Å². The molecule has 2 unspecified atom stereocenters. The summed E-state index contributed by atoms with van der Waals surface area (Å²) < 4.78 is 17.8. The molecule has 0 bridgehead atoms. The number of hydrogen-bond donors (Lipinski definition) is 1. The first-order chi connectivity index (χ1) is 15.5. The molecule has 4 rings (SSSR count). The van der Waals surface area contributed by atoms with Crippen molar-refractivity contribution in [2.45, 2.75) is 32.4 Å². The molecule has 3 heterocycles. The van der Waals surface area contributed by atoms with E-state index >= 15 is 0 Å². The third-order valence-electron chi connectivity index (χ3n) is 6.04. The minimum atomic E-state index is -0.370. The van der Waals surface area contributed by atoms with Crippen LogP contribution in [0.15, 0.2) is 23.0 Å². The van der Waals surface area contributed by atoms with Gasteiger partial charge >= 0.3 is 0 Å². The fourth-order valence-corrected chi connectivity index (χ4v) is 4.46. The van der Waals surface area contributed by atoms with Crippen molar-refractivity contribution in [1.29, 1.82) is 0 Å². The number of rotatable bonds is 8. The molecule has 0 saturated carbocycles. The van der Waals surface area contributed by atoms with Crippen LogP contribution in [-0.4, -0.2) is 71.1 Å². The summed E-state index contributed by atoms with van der Waals surface area (Å²) in [5, 5.41) is 13.3. The van der Waals surface area contributed by atoms with Gasteiger partial charge < -0.3 is 19.2 Å². The Balaban J connectivity index is 1.86. The van der Waals surface area contributed by atoms with Crippen molar-refractivity contribution in [3.05, 3.63) is 39.9 Å². The highest BCUT2D eigenvalue weighted by Gasteiger charge is 2.32. The number of fused-ring (bicyclic) bond motifs is 1. The first-order valence-electron chi connectivity index (χ1n) is 10.8. The number of H-pyrrole nitrogens is 1. The Labute approximate surface area is 186 Å². The highest BCUT2D eigenvalue weighted by Crippen LogP contribution is 2.34. The number of piperidine rings is 1. The fourth-order valence-electron chi connectivity index (χ4n) is 4.46. The van der Waals surface area contributed by atoms with Crippen LogP contribution in [-0.2, 0) is 11.3 Å². The van der Waals surface area contributed by atoms with Crippen molar-refractivity contribution in [3.8, 4) is 11.5 Å². The lowest BCUT2D eigenvalue weighted by Gasteiger charge is -2.36. The Hall–Kier alpha value is -2.98. The lowest BCUT2D eigenvalue weighted by atomic mass is 9.95. The third-order valence-corrected chi connectivity index (χ3v) is 6.04. The van der Waals surface area contributed by atoms with Gasteiger partial charge in [0, 0.05) is 30.7 Å². The van der Waals surface area contributed by atoms with Crippen molar-refractivity contribution in [2.24, 2.45) is 5.92 Å². The van der Waals surface area contributed by atoms with Crippen LogP contribution in [0.25, 0.3) is 10.9 Å². The Morgan fingerprint density at radius 2 is 1.97 bits per heavy atom. The summed E-state index contributed by atoms with van der Waals surface area (Å²) in [6, 6.07) is 5.19. The maximum Gasteiger partial charge on any atom is 0.253 e. The Kier molecular flexibility index (Phi) is 6.71. The number of benzene rings is 1. The van der Waals surface area contributed by atoms with E-state index in [1.807, 2.05) is 12.1 Å². The highest BCUT2D eigenvalue weighted by molar-refractivity contribution is 5.83. The monoisotopic (exact) mass is 442 g/mol. The molecule has 3 aromatic rings. The molecule has 2 atom stereocenters. The van der Waals surface area contributed by atoms with E-state index in [2.05, 4.69) is 32.3 Å². The smallest absolute Gasteiger partial charge is 0.253 e. The van der Waals surface area contributed by atoms with Gasteiger partial charge in [0.15, 0.2) is 17.3 Å². The maximum atomic E-state index is 13.3. The zero-order valence-electron chi connectivity index (χ0n) is 19.0. The molecule has 32 heavy (non-hydrogen) atoms. The summed E-state index contributed by atoms with van der Waals surface area (Å²) in [6.45, 7) is 4.96. The SMILES string of the molecule is COCCn1nnnc1C(c1cc2cc(OC)c(OC)cc2[nH]c1=O)N1CCCC(C)C1. The Morgan fingerprint density at radius 1 is 1.19 bits per heavy atom. The molecular weight excluding hydrogens is 412 g/mol. The van der Waals surface area contributed by atoms with E-state index in [1.165, 1.54) is 6.42 Å². The lowest BCUT2D eigenvalue weighted by Crippen LogP contribution is -2.41. The summed E-state index contributed by atoms with van der Waals surface area (Å²) in [4.78, 5) is 18.6. The van der Waals surface area contributed by atoms with E-state index < -0.39 is 0 Å². The maximum absolute atomic E-state index is 13.3. The zero-order valence-corrected chi connectivity index (χ0v) is 19.0. The molecule has 10 nitrogen and oxygen atoms in total. The van der Waals surface area contributed by atoms with E-state index in [-0.39, 0.29) is 11.6 Å². The quantitative estimate of drug-likeness (QED) is 0.564. The van der Waals surface area contributed by atoms with Crippen molar-refractivity contribution in [3.63, 3.8) is 0 Å². The van der Waals surface area contributed by atoms with Crippen LogP contribution in [0.2, 0.25) is 0 Å². The molecule has 1 aliphatic rings.